The number of hydrogen-bond acceptors (Lipinski definition) is 5. The average Bonchev–Trinajstić information content (AvgIpc) is 2.81. The second-order valence-electron chi connectivity index (χ2n) is 5.30. The fourth-order valence-corrected chi connectivity index (χ4v) is 2.78. The molecule has 7 nitrogen and oxygen atoms in total. The summed E-state index contributed by atoms with van der Waals surface area (Å²) in [6, 6.07) is 4.12. The van der Waals surface area contributed by atoms with Crippen LogP contribution in [0.2, 0.25) is 0 Å². The van der Waals surface area contributed by atoms with Crippen molar-refractivity contribution < 1.29 is 4.79 Å². The van der Waals surface area contributed by atoms with Crippen LogP contribution in [0.4, 0.5) is 0 Å². The van der Waals surface area contributed by atoms with Gasteiger partial charge in [-0.2, -0.15) is 4.80 Å². The highest BCUT2D eigenvalue weighted by Gasteiger charge is 2.24. The fourth-order valence-electron chi connectivity index (χ4n) is 2.78. The number of aryl methyl sites for hydroxylation is 1. The number of nitrogens with zero attached hydrogens (tertiary/aromatic N) is 6. The van der Waals surface area contributed by atoms with Crippen LogP contribution in [0.3, 0.4) is 0 Å². The predicted molar refractivity (Wildman–Crippen MR) is 75.5 cm³/mol. The van der Waals surface area contributed by atoms with Crippen LogP contribution >= 0.6 is 0 Å². The number of carbonyl (C=O) groups is 1. The molecule has 110 valence electrons. The zero-order chi connectivity index (χ0) is 14.7. The summed E-state index contributed by atoms with van der Waals surface area (Å²) in [4.78, 5) is 19.5. The Morgan fingerprint density at radius 1 is 1.24 bits per heavy atom. The third kappa shape index (κ3) is 3.07. The average molecular weight is 286 g/mol. The van der Waals surface area contributed by atoms with Gasteiger partial charge in [-0.05, 0) is 48.1 Å². The van der Waals surface area contributed by atoms with Crippen molar-refractivity contribution in [2.24, 2.45) is 7.05 Å². The van der Waals surface area contributed by atoms with Gasteiger partial charge in [0.15, 0.2) is 0 Å². The highest BCUT2D eigenvalue weighted by atomic mass is 16.2. The zero-order valence-electron chi connectivity index (χ0n) is 12.0. The highest BCUT2D eigenvalue weighted by molar-refractivity contribution is 5.90. The van der Waals surface area contributed by atoms with E-state index in [-0.39, 0.29) is 11.7 Å². The van der Waals surface area contributed by atoms with Gasteiger partial charge in [-0.25, -0.2) is 0 Å². The van der Waals surface area contributed by atoms with Crippen LogP contribution in [-0.2, 0) is 7.05 Å². The molecular weight excluding hydrogens is 268 g/mol. The van der Waals surface area contributed by atoms with Gasteiger partial charge in [0.2, 0.25) is 0 Å². The van der Waals surface area contributed by atoms with E-state index in [4.69, 9.17) is 0 Å². The van der Waals surface area contributed by atoms with E-state index in [9.17, 15) is 4.79 Å². The molecule has 0 spiro atoms. The Hall–Kier alpha value is -2.31. The smallest absolute Gasteiger partial charge is 0.295 e. The summed E-state index contributed by atoms with van der Waals surface area (Å²) in [5.74, 6) is 0.541. The third-order valence-electron chi connectivity index (χ3n) is 3.89. The molecule has 0 saturated carbocycles. The summed E-state index contributed by atoms with van der Waals surface area (Å²) in [6.45, 7) is 1.47. The molecule has 1 aliphatic heterocycles. The highest BCUT2D eigenvalue weighted by Crippen LogP contribution is 2.27. The number of hydrogen-bond donors (Lipinski definition) is 0. The quantitative estimate of drug-likeness (QED) is 0.823. The topological polar surface area (TPSA) is 76.8 Å². The molecule has 0 radical (unpaired) electrons. The molecular formula is C14H18N6O. The number of pyridine rings is 1. The number of carbonyl (C=O) groups excluding carboxylic acids is 1. The van der Waals surface area contributed by atoms with Crippen molar-refractivity contribution in [2.75, 3.05) is 13.1 Å². The Morgan fingerprint density at radius 2 is 2.05 bits per heavy atom. The van der Waals surface area contributed by atoms with E-state index in [1.54, 1.807) is 7.05 Å². The van der Waals surface area contributed by atoms with E-state index in [0.29, 0.717) is 5.92 Å². The zero-order valence-corrected chi connectivity index (χ0v) is 12.0. The molecule has 1 amide bonds. The van der Waals surface area contributed by atoms with E-state index in [1.165, 1.54) is 10.4 Å². The predicted octanol–water partition coefficient (Wildman–Crippen LogP) is 1.01. The van der Waals surface area contributed by atoms with Crippen LogP contribution in [0.1, 0.15) is 41.4 Å². The molecule has 3 rings (SSSR count). The second kappa shape index (κ2) is 5.99. The lowest BCUT2D eigenvalue weighted by atomic mass is 9.93. The first-order valence-electron chi connectivity index (χ1n) is 7.17. The van der Waals surface area contributed by atoms with E-state index in [1.807, 2.05) is 17.3 Å². The van der Waals surface area contributed by atoms with Gasteiger partial charge >= 0.3 is 0 Å². The maximum atomic E-state index is 12.3. The lowest BCUT2D eigenvalue weighted by Crippen LogP contribution is -2.32. The minimum atomic E-state index is -0.126. The molecule has 1 fully saturated rings. The molecule has 0 aromatic carbocycles. The molecule has 2 aromatic rings. The number of amides is 1. The molecule has 1 aliphatic rings. The molecule has 1 unspecified atom stereocenters. The van der Waals surface area contributed by atoms with Crippen molar-refractivity contribution >= 4 is 5.91 Å². The van der Waals surface area contributed by atoms with Gasteiger partial charge in [-0.15, -0.1) is 10.2 Å². The van der Waals surface area contributed by atoms with Crippen LogP contribution in [0.25, 0.3) is 0 Å². The SMILES string of the molecule is Cn1nnc(C(=O)N2CCCC(c3ccncc3)CC2)n1. The van der Waals surface area contributed by atoms with Crippen LogP contribution in [0.5, 0.6) is 0 Å². The van der Waals surface area contributed by atoms with Crippen molar-refractivity contribution in [3.05, 3.63) is 35.9 Å². The molecule has 1 atom stereocenters. The van der Waals surface area contributed by atoms with E-state index in [0.717, 1.165) is 32.4 Å². The minimum absolute atomic E-state index is 0.126. The van der Waals surface area contributed by atoms with Crippen LogP contribution in [0, 0.1) is 0 Å². The molecule has 2 aromatic heterocycles. The minimum Gasteiger partial charge on any atom is -0.336 e. The van der Waals surface area contributed by atoms with Gasteiger partial charge < -0.3 is 4.90 Å². The molecule has 0 N–H and O–H groups in total. The van der Waals surface area contributed by atoms with Gasteiger partial charge in [0, 0.05) is 25.5 Å². The lowest BCUT2D eigenvalue weighted by Gasteiger charge is -2.18. The van der Waals surface area contributed by atoms with Crippen molar-refractivity contribution in [1.82, 2.24) is 30.1 Å². The van der Waals surface area contributed by atoms with Crippen LogP contribution < -0.4 is 0 Å². The maximum absolute atomic E-state index is 12.3. The normalized spacial score (nSPS) is 19.3. The van der Waals surface area contributed by atoms with Gasteiger partial charge in [0.05, 0.1) is 7.05 Å². The van der Waals surface area contributed by atoms with Crippen molar-refractivity contribution in [1.29, 1.82) is 0 Å². The van der Waals surface area contributed by atoms with Gasteiger partial charge in [0.1, 0.15) is 0 Å². The molecule has 0 aliphatic carbocycles. The van der Waals surface area contributed by atoms with Crippen molar-refractivity contribution in [3.8, 4) is 0 Å². The molecule has 21 heavy (non-hydrogen) atoms. The number of tetrazole rings is 1. The Bertz CT molecular complexity index is 611. The van der Waals surface area contributed by atoms with Crippen molar-refractivity contribution in [3.63, 3.8) is 0 Å². The van der Waals surface area contributed by atoms with Crippen molar-refractivity contribution in [2.45, 2.75) is 25.2 Å². The van der Waals surface area contributed by atoms with E-state index < -0.39 is 0 Å². The van der Waals surface area contributed by atoms with Gasteiger partial charge in [-0.1, -0.05) is 0 Å². The Balaban J connectivity index is 1.67. The summed E-state index contributed by atoms with van der Waals surface area (Å²) < 4.78 is 0. The summed E-state index contributed by atoms with van der Waals surface area (Å²) in [7, 11) is 1.66. The first-order valence-corrected chi connectivity index (χ1v) is 7.17. The third-order valence-corrected chi connectivity index (χ3v) is 3.89. The van der Waals surface area contributed by atoms with Crippen LogP contribution in [-0.4, -0.2) is 49.1 Å². The first-order chi connectivity index (χ1) is 10.2. The maximum Gasteiger partial charge on any atom is 0.295 e. The van der Waals surface area contributed by atoms with E-state index >= 15 is 0 Å². The largest absolute Gasteiger partial charge is 0.336 e. The first kappa shape index (κ1) is 13.7. The molecule has 7 heteroatoms. The number of aromatic nitrogens is 5. The summed E-state index contributed by atoms with van der Waals surface area (Å²) in [5, 5.41) is 11.5. The summed E-state index contributed by atoms with van der Waals surface area (Å²) in [5.41, 5.74) is 1.30. The Morgan fingerprint density at radius 3 is 2.76 bits per heavy atom. The molecule has 0 bridgehead atoms. The van der Waals surface area contributed by atoms with Gasteiger partial charge in [-0.3, -0.25) is 9.78 Å². The fraction of sp³-hybridized carbons (Fsp3) is 0.500. The summed E-state index contributed by atoms with van der Waals surface area (Å²) in [6.07, 6.45) is 6.68. The molecule has 3 heterocycles. The second-order valence-corrected chi connectivity index (χ2v) is 5.30. The number of rotatable bonds is 2. The van der Waals surface area contributed by atoms with E-state index in [2.05, 4.69) is 32.5 Å². The monoisotopic (exact) mass is 286 g/mol. The van der Waals surface area contributed by atoms with Gasteiger partial charge in [0.25, 0.3) is 11.7 Å². The molecule has 1 saturated heterocycles. The Kier molecular flexibility index (Phi) is 3.89. The summed E-state index contributed by atoms with van der Waals surface area (Å²) >= 11 is 0. The standard InChI is InChI=1S/C14H18N6O/c1-19-17-13(16-18-19)14(21)20-9-2-3-11(6-10-20)12-4-7-15-8-5-12/h4-5,7-8,11H,2-3,6,9-10H2,1H3. The van der Waals surface area contributed by atoms with Crippen LogP contribution in [0.15, 0.2) is 24.5 Å². The lowest BCUT2D eigenvalue weighted by molar-refractivity contribution is 0.0748. The number of likely N-dealkylation sites (tertiary alicyclic amines) is 1. The Labute approximate surface area is 123 Å².